The molecule has 1 unspecified atom stereocenters. The molecule has 0 amide bonds. The molecule has 0 aromatic carbocycles. The van der Waals surface area contributed by atoms with Gasteiger partial charge in [-0.1, -0.05) is 0 Å². The Morgan fingerprint density at radius 1 is 1.35 bits per heavy atom. The number of rotatable bonds is 5. The molecule has 0 spiro atoms. The van der Waals surface area contributed by atoms with E-state index in [9.17, 15) is 10.2 Å². The van der Waals surface area contributed by atoms with E-state index < -0.39 is 6.10 Å². The van der Waals surface area contributed by atoms with Crippen molar-refractivity contribution in [1.29, 1.82) is 0 Å². The first kappa shape index (κ1) is 12.6. The molecule has 1 aliphatic carbocycles. The van der Waals surface area contributed by atoms with Crippen LogP contribution in [0.5, 0.6) is 0 Å². The minimum absolute atomic E-state index is 0.0973. The quantitative estimate of drug-likeness (QED) is 0.727. The van der Waals surface area contributed by atoms with E-state index in [2.05, 4.69) is 5.32 Å². The third kappa shape index (κ3) is 3.84. The summed E-state index contributed by atoms with van der Waals surface area (Å²) in [5.74, 6) is 1.23. The normalized spacial score (nSPS) is 26.9. The van der Waals surface area contributed by atoms with Gasteiger partial charge in [-0.2, -0.15) is 0 Å². The Hall–Kier alpha value is -0.840. The monoisotopic (exact) mass is 239 g/mol. The van der Waals surface area contributed by atoms with Crippen LogP contribution in [0.15, 0.2) is 22.8 Å². The van der Waals surface area contributed by atoms with Gasteiger partial charge in [-0.25, -0.2) is 0 Å². The van der Waals surface area contributed by atoms with Crippen LogP contribution in [0.4, 0.5) is 0 Å². The molecule has 1 aliphatic rings. The van der Waals surface area contributed by atoms with Crippen LogP contribution in [0.2, 0.25) is 0 Å². The molecule has 1 fully saturated rings. The molecule has 2 rings (SSSR count). The van der Waals surface area contributed by atoms with Crippen molar-refractivity contribution in [1.82, 2.24) is 5.32 Å². The van der Waals surface area contributed by atoms with Crippen LogP contribution in [0.3, 0.4) is 0 Å². The van der Waals surface area contributed by atoms with Crippen LogP contribution in [0.1, 0.15) is 37.5 Å². The lowest BCUT2D eigenvalue weighted by atomic mass is 9.87. The summed E-state index contributed by atoms with van der Waals surface area (Å²) in [7, 11) is 0. The zero-order valence-electron chi connectivity index (χ0n) is 10.0. The van der Waals surface area contributed by atoms with Gasteiger partial charge in [-0.3, -0.25) is 0 Å². The molecular formula is C13H21NO3. The molecule has 0 radical (unpaired) electrons. The molecule has 1 heterocycles. The molecule has 0 aliphatic heterocycles. The molecule has 3 N–H and O–H groups in total. The molecule has 1 saturated carbocycles. The summed E-state index contributed by atoms with van der Waals surface area (Å²) in [6, 6.07) is 3.56. The van der Waals surface area contributed by atoms with E-state index >= 15 is 0 Å². The number of hydrogen-bond donors (Lipinski definition) is 3. The summed E-state index contributed by atoms with van der Waals surface area (Å²) < 4.78 is 5.13. The number of aliphatic hydroxyl groups is 2. The molecule has 1 aromatic heterocycles. The Morgan fingerprint density at radius 3 is 2.76 bits per heavy atom. The Bertz CT molecular complexity index is 304. The van der Waals surface area contributed by atoms with E-state index in [1.165, 1.54) is 0 Å². The summed E-state index contributed by atoms with van der Waals surface area (Å²) in [5, 5.41) is 22.4. The second kappa shape index (κ2) is 6.19. The Balaban J connectivity index is 1.63. The first-order chi connectivity index (χ1) is 8.25. The second-order valence-electron chi connectivity index (χ2n) is 4.86. The highest BCUT2D eigenvalue weighted by Crippen LogP contribution is 2.23. The largest absolute Gasteiger partial charge is 0.467 e. The van der Waals surface area contributed by atoms with Crippen molar-refractivity contribution in [3.05, 3.63) is 24.2 Å². The zero-order valence-corrected chi connectivity index (χ0v) is 10.0. The number of furan rings is 1. The van der Waals surface area contributed by atoms with Crippen LogP contribution in [0.25, 0.3) is 0 Å². The lowest BCUT2D eigenvalue weighted by Crippen LogP contribution is -2.30. The van der Waals surface area contributed by atoms with Crippen molar-refractivity contribution >= 4 is 0 Å². The maximum atomic E-state index is 9.78. The van der Waals surface area contributed by atoms with Crippen LogP contribution in [0, 0.1) is 5.92 Å². The molecule has 17 heavy (non-hydrogen) atoms. The lowest BCUT2D eigenvalue weighted by molar-refractivity contribution is 0.104. The van der Waals surface area contributed by atoms with Crippen molar-refractivity contribution in [2.45, 2.75) is 37.9 Å². The second-order valence-corrected chi connectivity index (χ2v) is 4.86. The van der Waals surface area contributed by atoms with Crippen LogP contribution < -0.4 is 5.32 Å². The van der Waals surface area contributed by atoms with Crippen LogP contribution in [-0.2, 0) is 0 Å². The van der Waals surface area contributed by atoms with E-state index in [1.807, 2.05) is 0 Å². The van der Waals surface area contributed by atoms with E-state index in [0.717, 1.165) is 32.2 Å². The van der Waals surface area contributed by atoms with Gasteiger partial charge in [0.15, 0.2) is 0 Å². The summed E-state index contributed by atoms with van der Waals surface area (Å²) in [6.07, 6.45) is 4.87. The first-order valence-electron chi connectivity index (χ1n) is 6.36. The molecule has 0 saturated heterocycles. The average molecular weight is 239 g/mol. The van der Waals surface area contributed by atoms with E-state index in [1.54, 1.807) is 18.4 Å². The fourth-order valence-corrected chi connectivity index (χ4v) is 2.35. The molecular weight excluding hydrogens is 218 g/mol. The van der Waals surface area contributed by atoms with E-state index in [4.69, 9.17) is 4.42 Å². The van der Waals surface area contributed by atoms with Gasteiger partial charge in [0.25, 0.3) is 0 Å². The number of nitrogens with one attached hydrogen (secondary N) is 1. The van der Waals surface area contributed by atoms with Gasteiger partial charge < -0.3 is 19.9 Å². The summed E-state index contributed by atoms with van der Waals surface area (Å²) in [5.41, 5.74) is 0. The SMILES string of the molecule is OC1CCC(CNCC(O)c2ccco2)CC1. The van der Waals surface area contributed by atoms with Crippen LogP contribution >= 0.6 is 0 Å². The molecule has 0 bridgehead atoms. The number of aliphatic hydroxyl groups excluding tert-OH is 2. The van der Waals surface area contributed by atoms with Gasteiger partial charge >= 0.3 is 0 Å². The first-order valence-corrected chi connectivity index (χ1v) is 6.36. The molecule has 96 valence electrons. The smallest absolute Gasteiger partial charge is 0.133 e. The topological polar surface area (TPSA) is 65.6 Å². The zero-order chi connectivity index (χ0) is 12.1. The van der Waals surface area contributed by atoms with Gasteiger partial charge in [0.05, 0.1) is 12.4 Å². The van der Waals surface area contributed by atoms with Gasteiger partial charge in [-0.15, -0.1) is 0 Å². The molecule has 4 nitrogen and oxygen atoms in total. The summed E-state index contributed by atoms with van der Waals surface area (Å²) in [4.78, 5) is 0. The maximum absolute atomic E-state index is 9.78. The van der Waals surface area contributed by atoms with Crippen molar-refractivity contribution in [3.8, 4) is 0 Å². The lowest BCUT2D eigenvalue weighted by Gasteiger charge is -2.25. The highest BCUT2D eigenvalue weighted by atomic mass is 16.4. The van der Waals surface area contributed by atoms with Crippen molar-refractivity contribution in [3.63, 3.8) is 0 Å². The van der Waals surface area contributed by atoms with Crippen molar-refractivity contribution < 1.29 is 14.6 Å². The standard InChI is InChI=1S/C13H21NO3/c15-11-5-3-10(4-6-11)8-14-9-12(16)13-2-1-7-17-13/h1-2,7,10-12,14-16H,3-6,8-9H2. The highest BCUT2D eigenvalue weighted by molar-refractivity contribution is 5.02. The fourth-order valence-electron chi connectivity index (χ4n) is 2.35. The average Bonchev–Trinajstić information content (AvgIpc) is 2.85. The predicted molar refractivity (Wildman–Crippen MR) is 64.5 cm³/mol. The molecule has 1 aromatic rings. The third-order valence-corrected chi connectivity index (χ3v) is 3.46. The van der Waals surface area contributed by atoms with E-state index in [-0.39, 0.29) is 6.10 Å². The van der Waals surface area contributed by atoms with Crippen LogP contribution in [-0.4, -0.2) is 29.4 Å². The van der Waals surface area contributed by atoms with Gasteiger partial charge in [0.1, 0.15) is 11.9 Å². The summed E-state index contributed by atoms with van der Waals surface area (Å²) >= 11 is 0. The highest BCUT2D eigenvalue weighted by Gasteiger charge is 2.19. The predicted octanol–water partition coefficient (Wildman–Crippen LogP) is 1.45. The van der Waals surface area contributed by atoms with Crippen molar-refractivity contribution in [2.75, 3.05) is 13.1 Å². The van der Waals surface area contributed by atoms with Gasteiger partial charge in [0.2, 0.25) is 0 Å². The minimum Gasteiger partial charge on any atom is -0.467 e. The Labute approximate surface area is 102 Å². The summed E-state index contributed by atoms with van der Waals surface area (Å²) in [6.45, 7) is 1.43. The fraction of sp³-hybridized carbons (Fsp3) is 0.692. The van der Waals surface area contributed by atoms with Gasteiger partial charge in [-0.05, 0) is 50.3 Å². The number of hydrogen-bond acceptors (Lipinski definition) is 4. The van der Waals surface area contributed by atoms with E-state index in [0.29, 0.717) is 18.2 Å². The molecule has 4 heteroatoms. The Morgan fingerprint density at radius 2 is 2.12 bits per heavy atom. The maximum Gasteiger partial charge on any atom is 0.133 e. The third-order valence-electron chi connectivity index (χ3n) is 3.46. The molecule has 1 atom stereocenters. The van der Waals surface area contributed by atoms with Gasteiger partial charge in [0, 0.05) is 6.54 Å². The Kier molecular flexibility index (Phi) is 4.59. The van der Waals surface area contributed by atoms with Crippen molar-refractivity contribution in [2.24, 2.45) is 5.92 Å². The minimum atomic E-state index is -0.570.